The number of nitriles is 2. The van der Waals surface area contributed by atoms with E-state index < -0.39 is 5.97 Å². The first-order valence-electron chi connectivity index (χ1n) is 19.3. The Morgan fingerprint density at radius 3 is 2.20 bits per heavy atom. The Morgan fingerprint density at radius 2 is 1.51 bits per heavy atom. The highest BCUT2D eigenvalue weighted by Gasteiger charge is 2.19. The molecule has 3 aromatic carbocycles. The summed E-state index contributed by atoms with van der Waals surface area (Å²) < 4.78 is 17.9. The number of pyridine rings is 2. The summed E-state index contributed by atoms with van der Waals surface area (Å²) in [4.78, 5) is 31.2. The normalized spacial score (nSPS) is 11.3. The number of aromatic nitrogens is 2. The zero-order valence-corrected chi connectivity index (χ0v) is 35.8. The van der Waals surface area contributed by atoms with Crippen molar-refractivity contribution in [1.82, 2.24) is 25.9 Å². The van der Waals surface area contributed by atoms with Crippen LogP contribution < -0.4 is 30.2 Å². The van der Waals surface area contributed by atoms with Crippen molar-refractivity contribution in [2.45, 2.75) is 58.0 Å². The lowest BCUT2D eigenvalue weighted by Gasteiger charge is -2.17. The quantitative estimate of drug-likeness (QED) is 0.0362. The number of ether oxygens (including phenoxy) is 3. The van der Waals surface area contributed by atoms with Crippen LogP contribution in [-0.2, 0) is 35.9 Å². The maximum atomic E-state index is 11.0. The van der Waals surface area contributed by atoms with Gasteiger partial charge < -0.3 is 40.1 Å². The van der Waals surface area contributed by atoms with E-state index in [0.717, 1.165) is 18.3 Å². The number of methoxy groups -OCH3 is 1. The molecule has 0 fully saturated rings. The number of hydrogen-bond acceptors (Lipinski definition) is 12. The van der Waals surface area contributed by atoms with Gasteiger partial charge >= 0.3 is 5.97 Å². The lowest BCUT2D eigenvalue weighted by Crippen LogP contribution is -2.36. The van der Waals surface area contributed by atoms with Gasteiger partial charge in [-0.15, -0.1) is 0 Å². The van der Waals surface area contributed by atoms with Crippen molar-refractivity contribution in [2.24, 2.45) is 0 Å². The molecular formula is C45H44Cl3N7O6. The number of likely N-dealkylation sites (N-methyl/N-ethyl adjacent to an activating group) is 1. The van der Waals surface area contributed by atoms with Crippen LogP contribution in [0.4, 0.5) is 0 Å². The molecule has 0 amide bonds. The van der Waals surface area contributed by atoms with Gasteiger partial charge in [0.25, 0.3) is 0 Å². The molecule has 16 heteroatoms. The molecule has 61 heavy (non-hydrogen) atoms. The molecule has 1 unspecified atom stereocenters. The van der Waals surface area contributed by atoms with Gasteiger partial charge in [0.1, 0.15) is 24.5 Å². The second-order valence-corrected chi connectivity index (χ2v) is 15.0. The highest BCUT2D eigenvalue weighted by molar-refractivity contribution is 6.38. The second-order valence-electron chi connectivity index (χ2n) is 13.8. The highest BCUT2D eigenvalue weighted by Crippen LogP contribution is 2.41. The summed E-state index contributed by atoms with van der Waals surface area (Å²) in [7, 11) is 3.44. The molecule has 2 aromatic heterocycles. The number of carbonyl (C=O) groups is 2. The van der Waals surface area contributed by atoms with Gasteiger partial charge in [-0.25, -0.2) is 4.98 Å². The third-order valence-corrected chi connectivity index (χ3v) is 10.7. The van der Waals surface area contributed by atoms with Gasteiger partial charge in [-0.05, 0) is 62.3 Å². The van der Waals surface area contributed by atoms with Crippen molar-refractivity contribution in [1.29, 1.82) is 10.5 Å². The van der Waals surface area contributed by atoms with Crippen molar-refractivity contribution >= 4 is 47.1 Å². The number of carboxylic acid groups (broad SMARTS) is 1. The molecule has 4 N–H and O–H groups in total. The van der Waals surface area contributed by atoms with E-state index >= 15 is 0 Å². The number of benzene rings is 3. The molecule has 0 aliphatic carbocycles. The summed E-state index contributed by atoms with van der Waals surface area (Å²) in [5.74, 6) is -0.157. The number of aldehydes is 1. The van der Waals surface area contributed by atoms with E-state index in [2.05, 4.69) is 33.1 Å². The molecule has 0 saturated heterocycles. The summed E-state index contributed by atoms with van der Waals surface area (Å²) in [5, 5.41) is 38.8. The van der Waals surface area contributed by atoms with Crippen LogP contribution in [0.5, 0.6) is 17.6 Å². The first-order chi connectivity index (χ1) is 29.6. The highest BCUT2D eigenvalue weighted by atomic mass is 35.5. The van der Waals surface area contributed by atoms with Crippen molar-refractivity contribution in [2.75, 3.05) is 27.2 Å². The van der Waals surface area contributed by atoms with Gasteiger partial charge in [0, 0.05) is 71.9 Å². The van der Waals surface area contributed by atoms with Crippen LogP contribution in [0.3, 0.4) is 0 Å². The molecule has 1 atom stereocenters. The third kappa shape index (κ3) is 12.9. The number of aliphatic carboxylic acids is 1. The number of carboxylic acids is 1. The van der Waals surface area contributed by atoms with Crippen LogP contribution in [-0.4, -0.2) is 60.6 Å². The van der Waals surface area contributed by atoms with Gasteiger partial charge in [-0.3, -0.25) is 4.79 Å². The van der Waals surface area contributed by atoms with Crippen LogP contribution >= 0.6 is 34.8 Å². The molecule has 0 aliphatic heterocycles. The monoisotopic (exact) mass is 883 g/mol. The van der Waals surface area contributed by atoms with Crippen LogP contribution in [0.15, 0.2) is 72.8 Å². The van der Waals surface area contributed by atoms with E-state index in [0.29, 0.717) is 98.6 Å². The number of halogens is 3. The first-order valence-corrected chi connectivity index (χ1v) is 20.5. The molecule has 13 nitrogen and oxygen atoms in total. The van der Waals surface area contributed by atoms with Crippen molar-refractivity contribution in [3.63, 3.8) is 0 Å². The molecule has 0 bridgehead atoms. The minimum absolute atomic E-state index is 0.0107. The predicted octanol–water partition coefficient (Wildman–Crippen LogP) is 8.29. The molecule has 0 aliphatic rings. The lowest BCUT2D eigenvalue weighted by molar-refractivity contribution is -0.137. The fourth-order valence-electron chi connectivity index (χ4n) is 6.40. The SMILES string of the molecule is CNC(CCC=O)CNCc1ccc(-c2cccc(-c3cccc(COc4nc(OCc5cc(C#N)cc(C#N)c5)c(CNCCCC(=O)O)cc4Cl)c3Cl)c2Cl)nc1OC. The third-order valence-electron chi connectivity index (χ3n) is 9.56. The van der Waals surface area contributed by atoms with E-state index in [1.165, 1.54) is 6.07 Å². The lowest BCUT2D eigenvalue weighted by atomic mass is 9.99. The Morgan fingerprint density at radius 1 is 0.820 bits per heavy atom. The van der Waals surface area contributed by atoms with Crippen LogP contribution in [0.1, 0.15) is 59.1 Å². The Labute approximate surface area is 369 Å². The largest absolute Gasteiger partial charge is 0.481 e. The average Bonchev–Trinajstić information content (AvgIpc) is 3.27. The number of carbonyl (C=O) groups excluding carboxylic acids is 1. The standard InChI is InChI=1S/C45H44Cl3N7O6/c1-51-34(8-6-16-56)25-53-23-31-13-14-39(54-43(31)59-2)37-11-4-10-36(42(37)48)35-9-3-7-32(41(35)47)27-61-45-38(46)20-33(24-52-15-5-12-40(57)58)44(55-45)60-26-30-18-28(21-49)17-29(19-30)22-50/h3-4,7,9-11,13-14,16-20,34,51-53H,5-6,8,12,15,23-27H2,1-2H3,(H,57,58). The molecule has 5 rings (SSSR count). The van der Waals surface area contributed by atoms with Crippen LogP contribution in [0, 0.1) is 22.7 Å². The second kappa shape index (κ2) is 23.3. The summed E-state index contributed by atoms with van der Waals surface area (Å²) in [6.45, 7) is 1.85. The predicted molar refractivity (Wildman–Crippen MR) is 234 cm³/mol. The van der Waals surface area contributed by atoms with Crippen LogP contribution in [0.25, 0.3) is 22.4 Å². The maximum absolute atomic E-state index is 11.0. The fourth-order valence-corrected chi connectivity index (χ4v) is 7.24. The van der Waals surface area contributed by atoms with Gasteiger partial charge in [-0.2, -0.15) is 15.5 Å². The van der Waals surface area contributed by atoms with Gasteiger partial charge in [0.15, 0.2) is 0 Å². The number of nitrogens with one attached hydrogen (secondary N) is 3. The number of hydrogen-bond donors (Lipinski definition) is 4. The number of nitrogens with zero attached hydrogens (tertiary/aromatic N) is 4. The van der Waals surface area contributed by atoms with Crippen LogP contribution in [0.2, 0.25) is 15.1 Å². The Kier molecular flexibility index (Phi) is 17.7. The first kappa shape index (κ1) is 46.3. The smallest absolute Gasteiger partial charge is 0.303 e. The van der Waals surface area contributed by atoms with E-state index in [-0.39, 0.29) is 49.0 Å². The van der Waals surface area contributed by atoms with E-state index in [1.54, 1.807) is 25.3 Å². The minimum atomic E-state index is -0.886. The van der Waals surface area contributed by atoms with Gasteiger partial charge in [0.05, 0.1) is 46.1 Å². The molecule has 0 saturated carbocycles. The Balaban J connectivity index is 1.35. The summed E-state index contributed by atoms with van der Waals surface area (Å²) in [6, 6.07) is 25.6. The zero-order valence-electron chi connectivity index (χ0n) is 33.6. The Bertz CT molecular complexity index is 2390. The van der Waals surface area contributed by atoms with Gasteiger partial charge in [0.2, 0.25) is 17.6 Å². The van der Waals surface area contributed by atoms with Crippen molar-refractivity contribution < 1.29 is 28.9 Å². The van der Waals surface area contributed by atoms with Crippen molar-refractivity contribution in [3.8, 4) is 52.2 Å². The molecule has 0 spiro atoms. The molecule has 0 radical (unpaired) electrons. The summed E-state index contributed by atoms with van der Waals surface area (Å²) in [6.07, 6.45) is 2.58. The average molecular weight is 885 g/mol. The van der Waals surface area contributed by atoms with Gasteiger partial charge in [-0.1, -0.05) is 77.3 Å². The zero-order chi connectivity index (χ0) is 43.7. The van der Waals surface area contributed by atoms with Crippen molar-refractivity contribution in [3.05, 3.63) is 121 Å². The Hall–Kier alpha value is -5.77. The molecular weight excluding hydrogens is 841 g/mol. The van der Waals surface area contributed by atoms with E-state index in [4.69, 9.17) is 59.1 Å². The number of rotatable bonds is 23. The van der Waals surface area contributed by atoms with E-state index in [9.17, 15) is 20.1 Å². The van der Waals surface area contributed by atoms with E-state index in [1.807, 2.05) is 55.6 Å². The molecule has 5 aromatic rings. The maximum Gasteiger partial charge on any atom is 0.303 e. The molecule has 2 heterocycles. The topological polar surface area (TPSA) is 192 Å². The molecule has 316 valence electrons. The summed E-state index contributed by atoms with van der Waals surface area (Å²) in [5.41, 5.74) is 5.94. The minimum Gasteiger partial charge on any atom is -0.481 e. The fraction of sp³-hybridized carbons (Fsp3) is 0.289. The summed E-state index contributed by atoms with van der Waals surface area (Å²) >= 11 is 20.8.